The van der Waals surface area contributed by atoms with E-state index in [4.69, 9.17) is 11.6 Å². The Morgan fingerprint density at radius 1 is 1.11 bits per heavy atom. The molecule has 2 aromatic heterocycles. The Hall–Kier alpha value is -3.05. The third-order valence-electron chi connectivity index (χ3n) is 5.17. The first kappa shape index (κ1) is 16.1. The van der Waals surface area contributed by atoms with E-state index in [0.717, 1.165) is 23.2 Å². The van der Waals surface area contributed by atoms with E-state index in [1.165, 1.54) is 16.6 Å². The van der Waals surface area contributed by atoms with E-state index in [1.54, 1.807) is 6.20 Å². The summed E-state index contributed by atoms with van der Waals surface area (Å²) in [6, 6.07) is 15.6. The summed E-state index contributed by atoms with van der Waals surface area (Å²) in [7, 11) is 0. The number of rotatable bonds is 2. The molecule has 1 aliphatic rings. The average Bonchev–Trinajstić information content (AvgIpc) is 3.32. The van der Waals surface area contributed by atoms with Gasteiger partial charge in [0.05, 0.1) is 17.5 Å². The van der Waals surface area contributed by atoms with Gasteiger partial charge in [0.25, 0.3) is 5.91 Å². The number of halogens is 1. The molecule has 2 aromatic carbocycles. The Balaban J connectivity index is 1.48. The van der Waals surface area contributed by atoms with Gasteiger partial charge in [-0.3, -0.25) is 9.89 Å². The van der Waals surface area contributed by atoms with Crippen molar-refractivity contribution in [1.29, 1.82) is 0 Å². The highest BCUT2D eigenvalue weighted by Crippen LogP contribution is 2.30. The number of carbonyl (C=O) groups excluding carboxylic acids is 1. The molecule has 5 nitrogen and oxygen atoms in total. The summed E-state index contributed by atoms with van der Waals surface area (Å²) in [5, 5.41) is 8.92. The third-order valence-corrected chi connectivity index (χ3v) is 5.42. The monoisotopic (exact) mass is 376 g/mol. The van der Waals surface area contributed by atoms with E-state index in [1.807, 2.05) is 41.3 Å². The standard InChI is InChI=1S/C21H17ClN4O/c22-14-7-5-13(6-8-14)20-16(11-23-25-20)21(27)26-10-9-19-17(12-26)15-3-1-2-4-18(15)24-19/h1-8,11,24H,9-10,12H2,(H,23,25). The lowest BCUT2D eigenvalue weighted by atomic mass is 10.0. The molecule has 0 bridgehead atoms. The number of H-pyrrole nitrogens is 2. The van der Waals surface area contributed by atoms with Crippen LogP contribution in [0.25, 0.3) is 22.2 Å². The van der Waals surface area contributed by atoms with Crippen molar-refractivity contribution in [3.8, 4) is 11.3 Å². The van der Waals surface area contributed by atoms with E-state index in [9.17, 15) is 4.79 Å². The highest BCUT2D eigenvalue weighted by Gasteiger charge is 2.27. The fraction of sp³-hybridized carbons (Fsp3) is 0.143. The lowest BCUT2D eigenvalue weighted by molar-refractivity contribution is 0.0736. The quantitative estimate of drug-likeness (QED) is 0.544. The average molecular weight is 377 g/mol. The van der Waals surface area contributed by atoms with E-state index < -0.39 is 0 Å². The van der Waals surface area contributed by atoms with Crippen LogP contribution in [-0.2, 0) is 13.0 Å². The van der Waals surface area contributed by atoms with Gasteiger partial charge in [0.15, 0.2) is 0 Å². The Morgan fingerprint density at radius 2 is 1.93 bits per heavy atom. The molecule has 0 radical (unpaired) electrons. The number of fused-ring (bicyclic) bond motifs is 3. The number of aromatic nitrogens is 3. The molecule has 3 heterocycles. The number of aromatic amines is 2. The summed E-state index contributed by atoms with van der Waals surface area (Å²) in [4.78, 5) is 18.6. The van der Waals surface area contributed by atoms with Crippen LogP contribution in [0.4, 0.5) is 0 Å². The van der Waals surface area contributed by atoms with Crippen LogP contribution in [0.15, 0.2) is 54.7 Å². The van der Waals surface area contributed by atoms with Crippen LogP contribution in [0.2, 0.25) is 5.02 Å². The first-order valence-corrected chi connectivity index (χ1v) is 9.25. The highest BCUT2D eigenvalue weighted by atomic mass is 35.5. The molecular formula is C21H17ClN4O. The first-order chi connectivity index (χ1) is 13.2. The fourth-order valence-electron chi connectivity index (χ4n) is 3.80. The molecule has 4 aromatic rings. The number of amides is 1. The van der Waals surface area contributed by atoms with Gasteiger partial charge >= 0.3 is 0 Å². The zero-order chi connectivity index (χ0) is 18.4. The highest BCUT2D eigenvalue weighted by molar-refractivity contribution is 6.30. The van der Waals surface area contributed by atoms with Crippen molar-refractivity contribution >= 4 is 28.4 Å². The third kappa shape index (κ3) is 2.71. The van der Waals surface area contributed by atoms with Crippen LogP contribution in [0, 0.1) is 0 Å². The van der Waals surface area contributed by atoms with Crippen LogP contribution >= 0.6 is 11.6 Å². The molecule has 6 heteroatoms. The zero-order valence-electron chi connectivity index (χ0n) is 14.5. The van der Waals surface area contributed by atoms with Crippen molar-refractivity contribution in [2.75, 3.05) is 6.54 Å². The van der Waals surface area contributed by atoms with Crippen LogP contribution in [0.1, 0.15) is 21.6 Å². The molecule has 1 aliphatic heterocycles. The van der Waals surface area contributed by atoms with E-state index in [0.29, 0.717) is 23.7 Å². The van der Waals surface area contributed by atoms with Gasteiger partial charge in [0.2, 0.25) is 0 Å². The molecule has 134 valence electrons. The van der Waals surface area contributed by atoms with Gasteiger partial charge in [0, 0.05) is 52.3 Å². The zero-order valence-corrected chi connectivity index (χ0v) is 15.3. The second-order valence-electron chi connectivity index (χ2n) is 6.77. The Labute approximate surface area is 161 Å². The number of carbonyl (C=O) groups is 1. The topological polar surface area (TPSA) is 64.8 Å². The maximum absolute atomic E-state index is 13.2. The van der Waals surface area contributed by atoms with Crippen molar-refractivity contribution in [3.63, 3.8) is 0 Å². The second-order valence-corrected chi connectivity index (χ2v) is 7.21. The number of nitrogens with one attached hydrogen (secondary N) is 2. The van der Waals surface area contributed by atoms with Crippen LogP contribution in [0.3, 0.4) is 0 Å². The largest absolute Gasteiger partial charge is 0.358 e. The lowest BCUT2D eigenvalue weighted by Gasteiger charge is -2.27. The van der Waals surface area contributed by atoms with Gasteiger partial charge in [-0.1, -0.05) is 41.9 Å². The molecule has 0 fully saturated rings. The smallest absolute Gasteiger partial charge is 0.258 e. The Bertz CT molecular complexity index is 1140. The molecule has 2 N–H and O–H groups in total. The predicted molar refractivity (Wildman–Crippen MR) is 106 cm³/mol. The lowest BCUT2D eigenvalue weighted by Crippen LogP contribution is -2.35. The van der Waals surface area contributed by atoms with Gasteiger partial charge in [-0.15, -0.1) is 0 Å². The molecule has 5 rings (SSSR count). The number of benzene rings is 2. The molecule has 0 unspecified atom stereocenters. The second kappa shape index (κ2) is 6.28. The Morgan fingerprint density at radius 3 is 2.78 bits per heavy atom. The van der Waals surface area contributed by atoms with Crippen molar-refractivity contribution in [1.82, 2.24) is 20.1 Å². The summed E-state index contributed by atoms with van der Waals surface area (Å²) in [6.07, 6.45) is 2.43. The molecule has 0 aliphatic carbocycles. The molecule has 0 spiro atoms. The minimum absolute atomic E-state index is 0.00960. The molecule has 27 heavy (non-hydrogen) atoms. The van der Waals surface area contributed by atoms with Crippen LogP contribution in [-0.4, -0.2) is 32.5 Å². The minimum Gasteiger partial charge on any atom is -0.358 e. The molecule has 0 saturated heterocycles. The van der Waals surface area contributed by atoms with Crippen LogP contribution < -0.4 is 0 Å². The fourth-order valence-corrected chi connectivity index (χ4v) is 3.92. The number of hydrogen-bond donors (Lipinski definition) is 2. The van der Waals surface area contributed by atoms with Gasteiger partial charge in [-0.2, -0.15) is 5.10 Å². The van der Waals surface area contributed by atoms with Crippen molar-refractivity contribution in [2.45, 2.75) is 13.0 Å². The van der Waals surface area contributed by atoms with E-state index in [-0.39, 0.29) is 5.91 Å². The maximum atomic E-state index is 13.2. The van der Waals surface area contributed by atoms with Crippen molar-refractivity contribution in [2.24, 2.45) is 0 Å². The summed E-state index contributed by atoms with van der Waals surface area (Å²) in [5.74, 6) is -0.00960. The van der Waals surface area contributed by atoms with Crippen molar-refractivity contribution in [3.05, 3.63) is 76.6 Å². The maximum Gasteiger partial charge on any atom is 0.258 e. The number of hydrogen-bond acceptors (Lipinski definition) is 2. The van der Waals surface area contributed by atoms with E-state index >= 15 is 0 Å². The Kier molecular flexibility index (Phi) is 3.76. The summed E-state index contributed by atoms with van der Waals surface area (Å²) >= 11 is 5.98. The summed E-state index contributed by atoms with van der Waals surface area (Å²) in [6.45, 7) is 1.29. The summed E-state index contributed by atoms with van der Waals surface area (Å²) in [5.41, 5.74) is 5.76. The first-order valence-electron chi connectivity index (χ1n) is 8.88. The minimum atomic E-state index is -0.00960. The summed E-state index contributed by atoms with van der Waals surface area (Å²) < 4.78 is 0. The van der Waals surface area contributed by atoms with Gasteiger partial charge < -0.3 is 9.88 Å². The molecule has 0 atom stereocenters. The van der Waals surface area contributed by atoms with Gasteiger partial charge in [0.1, 0.15) is 0 Å². The predicted octanol–water partition coefficient (Wildman–Crippen LogP) is 4.41. The van der Waals surface area contributed by atoms with Crippen molar-refractivity contribution < 1.29 is 4.79 Å². The molecule has 1 amide bonds. The SMILES string of the molecule is O=C(c1cn[nH]c1-c1ccc(Cl)cc1)N1CCc2[nH]c3ccccc3c2C1. The molecular weight excluding hydrogens is 360 g/mol. The van der Waals surface area contributed by atoms with Gasteiger partial charge in [-0.25, -0.2) is 0 Å². The number of para-hydroxylation sites is 1. The normalized spacial score (nSPS) is 13.7. The number of nitrogens with zero attached hydrogens (tertiary/aromatic N) is 2. The van der Waals surface area contributed by atoms with E-state index in [2.05, 4.69) is 27.3 Å². The van der Waals surface area contributed by atoms with Gasteiger partial charge in [-0.05, 0) is 18.2 Å². The molecule has 0 saturated carbocycles. The van der Waals surface area contributed by atoms with Crippen LogP contribution in [0.5, 0.6) is 0 Å².